The third-order valence-corrected chi connectivity index (χ3v) is 9.73. The Morgan fingerprint density at radius 3 is 2.27 bits per heavy atom. The van der Waals surface area contributed by atoms with Gasteiger partial charge in [0.05, 0.1) is 31.4 Å². The molecular weight excluding hydrogens is 594 g/mol. The van der Waals surface area contributed by atoms with Crippen molar-refractivity contribution in [2.24, 2.45) is 0 Å². The Morgan fingerprint density at radius 2 is 1.64 bits per heavy atom. The highest BCUT2D eigenvalue weighted by Crippen LogP contribution is 2.33. The number of rotatable bonds is 14. The molecule has 0 saturated heterocycles. The van der Waals surface area contributed by atoms with Crippen LogP contribution >= 0.6 is 0 Å². The molecule has 0 radical (unpaired) electrons. The van der Waals surface area contributed by atoms with Gasteiger partial charge in [-0.05, 0) is 75.6 Å². The van der Waals surface area contributed by atoms with Gasteiger partial charge in [-0.3, -0.25) is 13.9 Å². The number of sulfonamides is 1. The van der Waals surface area contributed by atoms with Crippen LogP contribution in [-0.4, -0.2) is 64.6 Å². The number of ether oxygens (including phenoxy) is 3. The van der Waals surface area contributed by atoms with Crippen molar-refractivity contribution in [3.8, 4) is 17.2 Å². The highest BCUT2D eigenvalue weighted by atomic mass is 32.2. The van der Waals surface area contributed by atoms with Crippen LogP contribution in [0.25, 0.3) is 0 Å². The highest BCUT2D eigenvalue weighted by molar-refractivity contribution is 7.92. The van der Waals surface area contributed by atoms with E-state index >= 15 is 0 Å². The average Bonchev–Trinajstić information content (AvgIpc) is 3.55. The van der Waals surface area contributed by atoms with Crippen LogP contribution in [0.5, 0.6) is 17.2 Å². The molecule has 1 atom stereocenters. The fraction of sp³-hybridized carbons (Fsp3) is 0.412. The number of carbonyl (C=O) groups excluding carboxylic acids is 2. The van der Waals surface area contributed by atoms with Gasteiger partial charge in [-0.25, -0.2) is 8.42 Å². The molecule has 0 bridgehead atoms. The largest absolute Gasteiger partial charge is 0.494 e. The van der Waals surface area contributed by atoms with Gasteiger partial charge in [-0.1, -0.05) is 42.7 Å². The number of benzene rings is 3. The SMILES string of the molecule is CCOc1ccc(N(CC(=O)N(Cc2cccc(C)c2)[C@@H](C)C(=O)NC2CCCC2)S(=O)(=O)c2ccc(OC)c(OC)c2)cc1. The minimum atomic E-state index is -4.30. The molecule has 3 aromatic rings. The summed E-state index contributed by atoms with van der Waals surface area (Å²) in [5.41, 5.74) is 2.11. The van der Waals surface area contributed by atoms with E-state index in [9.17, 15) is 18.0 Å². The molecule has 11 heteroatoms. The fourth-order valence-corrected chi connectivity index (χ4v) is 6.92. The average molecular weight is 638 g/mol. The molecular formula is C34H43N3O7S. The summed E-state index contributed by atoms with van der Waals surface area (Å²) < 4.78 is 45.8. The Kier molecular flexibility index (Phi) is 11.3. The molecule has 1 aliphatic carbocycles. The van der Waals surface area contributed by atoms with E-state index in [1.54, 1.807) is 31.2 Å². The first-order chi connectivity index (χ1) is 21.6. The second-order valence-corrected chi connectivity index (χ2v) is 13.0. The van der Waals surface area contributed by atoms with Gasteiger partial charge >= 0.3 is 0 Å². The van der Waals surface area contributed by atoms with Gasteiger partial charge in [0.1, 0.15) is 18.3 Å². The maximum absolute atomic E-state index is 14.3. The molecule has 0 aliphatic heterocycles. The third kappa shape index (κ3) is 8.27. The Labute approximate surface area is 266 Å². The minimum Gasteiger partial charge on any atom is -0.494 e. The van der Waals surface area contributed by atoms with Crippen LogP contribution in [0.2, 0.25) is 0 Å². The lowest BCUT2D eigenvalue weighted by atomic mass is 10.1. The number of anilines is 1. The number of aryl methyl sites for hydroxylation is 1. The number of nitrogens with zero attached hydrogens (tertiary/aromatic N) is 2. The van der Waals surface area contributed by atoms with E-state index in [1.165, 1.54) is 37.3 Å². The van der Waals surface area contributed by atoms with Gasteiger partial charge in [0, 0.05) is 18.7 Å². The smallest absolute Gasteiger partial charge is 0.264 e. The number of carbonyl (C=O) groups is 2. The topological polar surface area (TPSA) is 114 Å². The van der Waals surface area contributed by atoms with E-state index < -0.39 is 28.5 Å². The Hall–Kier alpha value is -4.25. The summed E-state index contributed by atoms with van der Waals surface area (Å²) in [4.78, 5) is 29.0. The Morgan fingerprint density at radius 1 is 0.956 bits per heavy atom. The molecule has 1 fully saturated rings. The van der Waals surface area contributed by atoms with Crippen molar-refractivity contribution in [3.05, 3.63) is 77.9 Å². The molecule has 0 unspecified atom stereocenters. The maximum atomic E-state index is 14.3. The summed E-state index contributed by atoms with van der Waals surface area (Å²) in [6, 6.07) is 17.7. The molecule has 2 amide bonds. The molecule has 3 aromatic carbocycles. The monoisotopic (exact) mass is 637 g/mol. The maximum Gasteiger partial charge on any atom is 0.264 e. The zero-order chi connectivity index (χ0) is 32.6. The zero-order valence-corrected chi connectivity index (χ0v) is 27.4. The first-order valence-corrected chi connectivity index (χ1v) is 16.6. The van der Waals surface area contributed by atoms with Crippen molar-refractivity contribution in [1.82, 2.24) is 10.2 Å². The number of methoxy groups -OCH3 is 2. The molecule has 0 heterocycles. The summed E-state index contributed by atoms with van der Waals surface area (Å²) in [7, 11) is -1.42. The van der Waals surface area contributed by atoms with Crippen molar-refractivity contribution in [2.45, 2.75) is 70.0 Å². The molecule has 0 spiro atoms. The van der Waals surface area contributed by atoms with Gasteiger partial charge < -0.3 is 24.4 Å². The number of hydrogen-bond donors (Lipinski definition) is 1. The minimum absolute atomic E-state index is 0.0710. The van der Waals surface area contributed by atoms with E-state index in [2.05, 4.69) is 5.32 Å². The molecule has 1 aliphatic rings. The molecule has 242 valence electrons. The van der Waals surface area contributed by atoms with E-state index in [4.69, 9.17) is 14.2 Å². The van der Waals surface area contributed by atoms with Gasteiger partial charge in [0.2, 0.25) is 11.8 Å². The first kappa shape index (κ1) is 33.6. The third-order valence-electron chi connectivity index (χ3n) is 7.96. The van der Waals surface area contributed by atoms with Gasteiger partial charge in [-0.2, -0.15) is 0 Å². The molecule has 0 aromatic heterocycles. The highest BCUT2D eigenvalue weighted by Gasteiger charge is 2.34. The summed E-state index contributed by atoms with van der Waals surface area (Å²) in [6.07, 6.45) is 3.91. The van der Waals surface area contributed by atoms with Crippen LogP contribution in [0.4, 0.5) is 5.69 Å². The van der Waals surface area contributed by atoms with Crippen LogP contribution in [-0.2, 0) is 26.2 Å². The number of amides is 2. The lowest BCUT2D eigenvalue weighted by Crippen LogP contribution is -2.52. The molecule has 4 rings (SSSR count). The predicted octanol–water partition coefficient (Wildman–Crippen LogP) is 5.08. The van der Waals surface area contributed by atoms with Gasteiger partial charge in [-0.15, -0.1) is 0 Å². The number of hydrogen-bond acceptors (Lipinski definition) is 7. The normalized spacial score (nSPS) is 14.0. The summed E-state index contributed by atoms with van der Waals surface area (Å²) in [5.74, 6) is 0.373. The van der Waals surface area contributed by atoms with E-state index in [-0.39, 0.29) is 34.8 Å². The van der Waals surface area contributed by atoms with Crippen molar-refractivity contribution < 1.29 is 32.2 Å². The zero-order valence-electron chi connectivity index (χ0n) is 26.6. The van der Waals surface area contributed by atoms with Crippen LogP contribution in [0.3, 0.4) is 0 Å². The van der Waals surface area contributed by atoms with Crippen LogP contribution < -0.4 is 23.8 Å². The van der Waals surface area contributed by atoms with E-state index in [1.807, 2.05) is 38.1 Å². The van der Waals surface area contributed by atoms with Crippen LogP contribution in [0.15, 0.2) is 71.6 Å². The van der Waals surface area contributed by atoms with E-state index in [0.29, 0.717) is 18.1 Å². The second kappa shape index (κ2) is 15.2. The first-order valence-electron chi connectivity index (χ1n) is 15.2. The van der Waals surface area contributed by atoms with Crippen molar-refractivity contribution >= 4 is 27.5 Å². The Bertz CT molecular complexity index is 1570. The summed E-state index contributed by atoms with van der Waals surface area (Å²) in [6.45, 7) is 5.52. The summed E-state index contributed by atoms with van der Waals surface area (Å²) in [5, 5.41) is 3.09. The fourth-order valence-electron chi connectivity index (χ4n) is 5.49. The van der Waals surface area contributed by atoms with Crippen molar-refractivity contribution in [3.63, 3.8) is 0 Å². The lowest BCUT2D eigenvalue weighted by molar-refractivity contribution is -0.139. The van der Waals surface area contributed by atoms with Crippen LogP contribution in [0, 0.1) is 6.92 Å². The number of nitrogens with one attached hydrogen (secondary N) is 1. The molecule has 10 nitrogen and oxygen atoms in total. The van der Waals surface area contributed by atoms with Crippen molar-refractivity contribution in [1.29, 1.82) is 0 Å². The summed E-state index contributed by atoms with van der Waals surface area (Å²) >= 11 is 0. The standard InChI is InChI=1S/C34H43N3O7S/c1-6-44-29-16-14-28(15-17-29)37(45(40,41)30-18-19-31(42-4)32(21-30)43-5)23-33(38)36(22-26-11-9-10-24(2)20-26)25(3)34(39)35-27-12-7-8-13-27/h9-11,14-21,25,27H,6-8,12-13,22-23H2,1-5H3,(H,35,39)/t25-/m0/s1. The van der Waals surface area contributed by atoms with Crippen molar-refractivity contribution in [2.75, 3.05) is 31.7 Å². The van der Waals surface area contributed by atoms with Gasteiger partial charge in [0.15, 0.2) is 11.5 Å². The lowest BCUT2D eigenvalue weighted by Gasteiger charge is -2.32. The molecule has 1 N–H and O–H groups in total. The second-order valence-electron chi connectivity index (χ2n) is 11.1. The predicted molar refractivity (Wildman–Crippen MR) is 173 cm³/mol. The molecule has 45 heavy (non-hydrogen) atoms. The van der Waals surface area contributed by atoms with Crippen LogP contribution in [0.1, 0.15) is 50.7 Å². The molecule has 1 saturated carbocycles. The van der Waals surface area contributed by atoms with Gasteiger partial charge in [0.25, 0.3) is 10.0 Å². The quantitative estimate of drug-likeness (QED) is 0.262. The van der Waals surface area contributed by atoms with E-state index in [0.717, 1.165) is 41.1 Å². The Balaban J connectivity index is 1.72.